The number of carbonyl (C=O) groups excluding carboxylic acids is 1. The molecule has 1 aliphatic rings. The number of aromatic nitrogens is 3. The monoisotopic (exact) mass is 489 g/mol. The van der Waals surface area contributed by atoms with Crippen molar-refractivity contribution < 1.29 is 9.53 Å². The van der Waals surface area contributed by atoms with Gasteiger partial charge in [-0.1, -0.05) is 29.3 Å². The Kier molecular flexibility index (Phi) is 6.22. The molecule has 9 heteroatoms. The maximum atomic E-state index is 12.3. The van der Waals surface area contributed by atoms with Crippen LogP contribution in [0.4, 0.5) is 10.6 Å². The highest BCUT2D eigenvalue weighted by Gasteiger charge is 2.34. The molecular formula is C24H29Cl2N5O2. The minimum atomic E-state index is -0.524. The van der Waals surface area contributed by atoms with Gasteiger partial charge in [0, 0.05) is 36.6 Å². The van der Waals surface area contributed by atoms with Crippen molar-refractivity contribution in [3.63, 3.8) is 0 Å². The van der Waals surface area contributed by atoms with E-state index in [4.69, 9.17) is 32.9 Å². The van der Waals surface area contributed by atoms with Crippen molar-refractivity contribution in [2.24, 2.45) is 0 Å². The molecule has 0 bridgehead atoms. The minimum Gasteiger partial charge on any atom is -0.444 e. The summed E-state index contributed by atoms with van der Waals surface area (Å²) in [5, 5.41) is 4.03. The highest BCUT2D eigenvalue weighted by molar-refractivity contribution is 6.43. The van der Waals surface area contributed by atoms with Crippen LogP contribution in [0.5, 0.6) is 0 Å². The molecule has 0 unspecified atom stereocenters. The number of piperidine rings is 1. The number of fused-ring (bicyclic) bond motifs is 1. The Bertz CT molecular complexity index is 1190. The van der Waals surface area contributed by atoms with Crippen LogP contribution in [0.2, 0.25) is 10.0 Å². The summed E-state index contributed by atoms with van der Waals surface area (Å²) in [6, 6.07) is 5.54. The third kappa shape index (κ3) is 4.89. The van der Waals surface area contributed by atoms with Crippen LogP contribution in [-0.4, -0.2) is 44.7 Å². The average molecular weight is 490 g/mol. The van der Waals surface area contributed by atoms with Crippen molar-refractivity contribution in [1.29, 1.82) is 0 Å². The molecule has 2 aromatic heterocycles. The zero-order valence-electron chi connectivity index (χ0n) is 19.6. The first-order valence-corrected chi connectivity index (χ1v) is 11.8. The second kappa shape index (κ2) is 8.69. The topological polar surface area (TPSA) is 71.8 Å². The SMILES string of the molecule is Cc1nc(-c2cccc(Cl)c2Cl)n2ccnc(N3CCC(C)(NC(=O)OC(C)(C)C)CC3)c12. The molecule has 1 amide bonds. The van der Waals surface area contributed by atoms with Crippen LogP contribution in [0.1, 0.15) is 46.2 Å². The van der Waals surface area contributed by atoms with Gasteiger partial charge in [0.05, 0.1) is 15.7 Å². The van der Waals surface area contributed by atoms with Gasteiger partial charge in [-0.3, -0.25) is 4.40 Å². The molecule has 176 valence electrons. The van der Waals surface area contributed by atoms with E-state index >= 15 is 0 Å². The number of imidazole rings is 1. The molecular weight excluding hydrogens is 461 g/mol. The van der Waals surface area contributed by atoms with Crippen LogP contribution in [-0.2, 0) is 4.74 Å². The molecule has 1 saturated heterocycles. The molecule has 7 nitrogen and oxygen atoms in total. The van der Waals surface area contributed by atoms with Gasteiger partial charge < -0.3 is 15.0 Å². The first-order valence-electron chi connectivity index (χ1n) is 11.0. The summed E-state index contributed by atoms with van der Waals surface area (Å²) >= 11 is 12.7. The van der Waals surface area contributed by atoms with Crippen LogP contribution < -0.4 is 10.2 Å². The zero-order valence-corrected chi connectivity index (χ0v) is 21.1. The van der Waals surface area contributed by atoms with E-state index in [9.17, 15) is 4.79 Å². The van der Waals surface area contributed by atoms with E-state index in [1.807, 2.05) is 50.4 Å². The number of benzene rings is 1. The van der Waals surface area contributed by atoms with Gasteiger partial charge in [-0.2, -0.15) is 0 Å². The third-order valence-corrected chi connectivity index (χ3v) is 6.69. The predicted molar refractivity (Wildman–Crippen MR) is 132 cm³/mol. The summed E-state index contributed by atoms with van der Waals surface area (Å²) < 4.78 is 7.46. The first-order chi connectivity index (χ1) is 15.5. The number of rotatable bonds is 3. The molecule has 0 aliphatic carbocycles. The standard InChI is InChI=1S/C24H29Cl2N5O2/c1-15-19-21(30-12-9-24(5,10-13-30)29-22(32)33-23(2,3)4)27-11-14-31(19)20(28-15)16-7-6-8-17(25)18(16)26/h6-8,11,14H,9-10,12-13H2,1-5H3,(H,29,32). The van der Waals surface area contributed by atoms with E-state index < -0.39 is 5.60 Å². The normalized spacial score (nSPS) is 16.2. The molecule has 0 spiro atoms. The molecule has 0 atom stereocenters. The molecule has 0 saturated carbocycles. The van der Waals surface area contributed by atoms with Crippen molar-refractivity contribution >= 4 is 40.6 Å². The van der Waals surface area contributed by atoms with Gasteiger partial charge in [-0.05, 0) is 59.6 Å². The van der Waals surface area contributed by atoms with E-state index in [-0.39, 0.29) is 11.6 Å². The van der Waals surface area contributed by atoms with E-state index in [0.717, 1.165) is 54.3 Å². The Hall–Kier alpha value is -2.51. The molecule has 1 fully saturated rings. The Balaban J connectivity index is 1.59. The highest BCUT2D eigenvalue weighted by atomic mass is 35.5. The molecule has 0 radical (unpaired) electrons. The van der Waals surface area contributed by atoms with Gasteiger partial charge in [0.2, 0.25) is 0 Å². The Morgan fingerprint density at radius 3 is 2.58 bits per heavy atom. The van der Waals surface area contributed by atoms with E-state index in [1.165, 1.54) is 0 Å². The number of nitrogens with one attached hydrogen (secondary N) is 1. The van der Waals surface area contributed by atoms with Crippen LogP contribution in [0, 0.1) is 6.92 Å². The molecule has 1 aliphatic heterocycles. The lowest BCUT2D eigenvalue weighted by molar-refractivity contribution is 0.0448. The lowest BCUT2D eigenvalue weighted by atomic mass is 9.90. The summed E-state index contributed by atoms with van der Waals surface area (Å²) in [6.45, 7) is 11.1. The van der Waals surface area contributed by atoms with Crippen LogP contribution in [0.3, 0.4) is 0 Å². The maximum Gasteiger partial charge on any atom is 0.408 e. The number of hydrogen-bond acceptors (Lipinski definition) is 5. The fourth-order valence-corrected chi connectivity index (χ4v) is 4.56. The number of amides is 1. The van der Waals surface area contributed by atoms with Crippen molar-refractivity contribution in [3.05, 3.63) is 46.3 Å². The first kappa shape index (κ1) is 23.6. The van der Waals surface area contributed by atoms with E-state index in [2.05, 4.69) is 22.1 Å². The third-order valence-electron chi connectivity index (χ3n) is 5.87. The average Bonchev–Trinajstić information content (AvgIpc) is 3.05. The van der Waals surface area contributed by atoms with E-state index in [1.54, 1.807) is 12.3 Å². The predicted octanol–water partition coefficient (Wildman–Crippen LogP) is 5.90. The van der Waals surface area contributed by atoms with Crippen molar-refractivity contribution in [2.45, 2.75) is 58.6 Å². The number of alkyl carbamates (subject to hydrolysis) is 1. The largest absolute Gasteiger partial charge is 0.444 e. The highest BCUT2D eigenvalue weighted by Crippen LogP contribution is 2.36. The van der Waals surface area contributed by atoms with Crippen LogP contribution in [0.25, 0.3) is 16.9 Å². The number of halogens is 2. The van der Waals surface area contributed by atoms with Crippen LogP contribution >= 0.6 is 23.2 Å². The second-order valence-corrected chi connectivity index (χ2v) is 10.6. The number of nitrogens with zero attached hydrogens (tertiary/aromatic N) is 4. The number of hydrogen-bond donors (Lipinski definition) is 1. The molecule has 3 heterocycles. The number of aryl methyl sites for hydroxylation is 1. The van der Waals surface area contributed by atoms with Crippen LogP contribution in [0.15, 0.2) is 30.6 Å². The molecule has 33 heavy (non-hydrogen) atoms. The van der Waals surface area contributed by atoms with Gasteiger partial charge in [-0.15, -0.1) is 0 Å². The lowest BCUT2D eigenvalue weighted by Gasteiger charge is -2.40. The molecule has 1 aromatic carbocycles. The van der Waals surface area contributed by atoms with Gasteiger partial charge in [0.15, 0.2) is 5.82 Å². The van der Waals surface area contributed by atoms with Gasteiger partial charge in [-0.25, -0.2) is 14.8 Å². The Labute approximate surface area is 204 Å². The number of anilines is 1. The molecule has 4 rings (SSSR count). The summed E-state index contributed by atoms with van der Waals surface area (Å²) in [6.07, 6.45) is 4.83. The fourth-order valence-electron chi connectivity index (χ4n) is 4.18. The smallest absolute Gasteiger partial charge is 0.408 e. The molecule has 1 N–H and O–H groups in total. The Morgan fingerprint density at radius 1 is 1.21 bits per heavy atom. The fraction of sp³-hybridized carbons (Fsp3) is 0.458. The summed E-state index contributed by atoms with van der Waals surface area (Å²) in [4.78, 5) is 24.0. The maximum absolute atomic E-state index is 12.3. The summed E-state index contributed by atoms with van der Waals surface area (Å²) in [5.41, 5.74) is 1.72. The quantitative estimate of drug-likeness (QED) is 0.495. The van der Waals surface area contributed by atoms with Crippen molar-refractivity contribution in [1.82, 2.24) is 19.7 Å². The second-order valence-electron chi connectivity index (χ2n) is 9.77. The number of carbonyl (C=O) groups is 1. The lowest BCUT2D eigenvalue weighted by Crippen LogP contribution is -2.54. The van der Waals surface area contributed by atoms with Gasteiger partial charge in [0.25, 0.3) is 0 Å². The minimum absolute atomic E-state index is 0.335. The number of ether oxygens (including phenoxy) is 1. The van der Waals surface area contributed by atoms with Gasteiger partial charge >= 0.3 is 6.09 Å². The van der Waals surface area contributed by atoms with Crippen molar-refractivity contribution in [2.75, 3.05) is 18.0 Å². The summed E-state index contributed by atoms with van der Waals surface area (Å²) in [7, 11) is 0. The summed E-state index contributed by atoms with van der Waals surface area (Å²) in [5.74, 6) is 1.60. The van der Waals surface area contributed by atoms with Crippen molar-refractivity contribution in [3.8, 4) is 11.4 Å². The molecule has 3 aromatic rings. The Morgan fingerprint density at radius 2 is 1.91 bits per heavy atom. The zero-order chi connectivity index (χ0) is 24.0. The van der Waals surface area contributed by atoms with E-state index in [0.29, 0.717) is 10.0 Å². The van der Waals surface area contributed by atoms with Gasteiger partial charge in [0.1, 0.15) is 16.9 Å².